The lowest BCUT2D eigenvalue weighted by molar-refractivity contribution is 0.0736. The van der Waals surface area contributed by atoms with Crippen LogP contribution in [0.25, 0.3) is 0 Å². The zero-order valence-electron chi connectivity index (χ0n) is 10.1. The molecule has 1 aromatic rings. The summed E-state index contributed by atoms with van der Waals surface area (Å²) < 4.78 is 0. The first-order chi connectivity index (χ1) is 8.27. The molecule has 0 aliphatic carbocycles. The molecule has 1 fully saturated rings. The normalized spacial score (nSPS) is 17.3. The second-order valence-electron chi connectivity index (χ2n) is 4.54. The minimum absolute atomic E-state index is 0.0342. The summed E-state index contributed by atoms with van der Waals surface area (Å²) in [5.41, 5.74) is 6.66. The maximum atomic E-state index is 12.2. The Kier molecular flexibility index (Phi) is 3.96. The molecule has 0 saturated carbocycles. The fraction of sp³-hybridized carbons (Fsp3) is 0.538. The van der Waals surface area contributed by atoms with E-state index in [1.165, 1.54) is 25.5 Å². The summed E-state index contributed by atoms with van der Waals surface area (Å²) in [7, 11) is 0. The lowest BCUT2D eigenvalue weighted by atomic mass is 10.1. The van der Waals surface area contributed by atoms with Crippen LogP contribution in [-0.4, -0.2) is 28.9 Å². The Hall–Kier alpha value is -1.58. The maximum Gasteiger partial charge on any atom is 0.272 e. The molecule has 2 N–H and O–H groups in total. The van der Waals surface area contributed by atoms with Crippen LogP contribution in [0.2, 0.25) is 0 Å². The summed E-state index contributed by atoms with van der Waals surface area (Å²) in [5.74, 6) is 0.0342. The smallest absolute Gasteiger partial charge is 0.272 e. The molecule has 92 valence electrons. The first-order valence-electron chi connectivity index (χ1n) is 6.28. The average Bonchev–Trinajstić information content (AvgIpc) is 2.29. The Bertz CT molecular complexity index is 367. The molecule has 17 heavy (non-hydrogen) atoms. The van der Waals surface area contributed by atoms with Crippen molar-refractivity contribution in [1.82, 2.24) is 9.88 Å². The molecule has 1 aromatic heterocycles. The van der Waals surface area contributed by atoms with E-state index in [9.17, 15) is 4.79 Å². The number of pyridine rings is 1. The maximum absolute atomic E-state index is 12.2. The van der Waals surface area contributed by atoms with Crippen molar-refractivity contribution in [2.75, 3.05) is 18.8 Å². The van der Waals surface area contributed by atoms with Crippen LogP contribution in [0.1, 0.15) is 42.6 Å². The highest BCUT2D eigenvalue weighted by Gasteiger charge is 2.17. The number of nitrogens with two attached hydrogens (primary N) is 1. The molecule has 0 bridgehead atoms. The van der Waals surface area contributed by atoms with Gasteiger partial charge in [0.15, 0.2) is 0 Å². The first kappa shape index (κ1) is 11.9. The Morgan fingerprint density at radius 3 is 2.35 bits per heavy atom. The highest BCUT2D eigenvalue weighted by Crippen LogP contribution is 2.13. The molecule has 0 unspecified atom stereocenters. The second-order valence-corrected chi connectivity index (χ2v) is 4.54. The number of amides is 1. The van der Waals surface area contributed by atoms with Crippen molar-refractivity contribution in [2.45, 2.75) is 32.1 Å². The lowest BCUT2D eigenvalue weighted by Gasteiger charge is -2.24. The van der Waals surface area contributed by atoms with Crippen molar-refractivity contribution < 1.29 is 4.79 Å². The van der Waals surface area contributed by atoms with E-state index >= 15 is 0 Å². The fourth-order valence-corrected chi connectivity index (χ4v) is 2.14. The lowest BCUT2D eigenvalue weighted by Crippen LogP contribution is -2.34. The van der Waals surface area contributed by atoms with Crippen molar-refractivity contribution in [3.8, 4) is 0 Å². The molecule has 1 amide bonds. The number of nitrogens with zero attached hydrogens (tertiary/aromatic N) is 2. The molecular formula is C13H19N3O. The molecule has 0 aromatic carbocycles. The SMILES string of the molecule is Nc1ccc(C(=O)N2CCCCCCC2)nc1. The quantitative estimate of drug-likeness (QED) is 0.807. The molecule has 0 spiro atoms. The highest BCUT2D eigenvalue weighted by atomic mass is 16.2. The van der Waals surface area contributed by atoms with Gasteiger partial charge < -0.3 is 10.6 Å². The minimum Gasteiger partial charge on any atom is -0.397 e. The third kappa shape index (κ3) is 3.19. The molecular weight excluding hydrogens is 214 g/mol. The summed E-state index contributed by atoms with van der Waals surface area (Å²) in [6.07, 6.45) is 7.47. The zero-order chi connectivity index (χ0) is 12.1. The minimum atomic E-state index is 0.0342. The van der Waals surface area contributed by atoms with Crippen molar-refractivity contribution in [1.29, 1.82) is 0 Å². The molecule has 2 rings (SSSR count). The van der Waals surface area contributed by atoms with E-state index in [-0.39, 0.29) is 5.91 Å². The van der Waals surface area contributed by atoms with E-state index in [2.05, 4.69) is 4.98 Å². The number of carbonyl (C=O) groups is 1. The van der Waals surface area contributed by atoms with E-state index in [0.29, 0.717) is 11.4 Å². The molecule has 4 nitrogen and oxygen atoms in total. The summed E-state index contributed by atoms with van der Waals surface area (Å²) in [6, 6.07) is 3.43. The van der Waals surface area contributed by atoms with Gasteiger partial charge in [-0.25, -0.2) is 4.98 Å². The average molecular weight is 233 g/mol. The highest BCUT2D eigenvalue weighted by molar-refractivity contribution is 5.92. The van der Waals surface area contributed by atoms with Crippen molar-refractivity contribution in [3.05, 3.63) is 24.0 Å². The van der Waals surface area contributed by atoms with E-state index in [1.807, 2.05) is 4.90 Å². The third-order valence-corrected chi connectivity index (χ3v) is 3.15. The Balaban J connectivity index is 2.04. The van der Waals surface area contributed by atoms with Crippen LogP contribution in [0.5, 0.6) is 0 Å². The van der Waals surface area contributed by atoms with Gasteiger partial charge in [0.1, 0.15) is 5.69 Å². The number of hydrogen-bond acceptors (Lipinski definition) is 3. The van der Waals surface area contributed by atoms with Crippen LogP contribution >= 0.6 is 0 Å². The molecule has 1 aliphatic heterocycles. The topological polar surface area (TPSA) is 59.2 Å². The van der Waals surface area contributed by atoms with E-state index in [1.54, 1.807) is 12.1 Å². The Morgan fingerprint density at radius 2 is 1.76 bits per heavy atom. The van der Waals surface area contributed by atoms with E-state index in [4.69, 9.17) is 5.73 Å². The Labute approximate surface area is 102 Å². The van der Waals surface area contributed by atoms with Gasteiger partial charge in [-0.15, -0.1) is 0 Å². The van der Waals surface area contributed by atoms with Gasteiger partial charge in [-0.2, -0.15) is 0 Å². The molecule has 0 atom stereocenters. The summed E-state index contributed by atoms with van der Waals surface area (Å²) >= 11 is 0. The van der Waals surface area contributed by atoms with Gasteiger partial charge in [0, 0.05) is 13.1 Å². The number of carbonyl (C=O) groups excluding carboxylic acids is 1. The summed E-state index contributed by atoms with van der Waals surface area (Å²) in [4.78, 5) is 18.2. The van der Waals surface area contributed by atoms with Crippen molar-refractivity contribution in [2.24, 2.45) is 0 Å². The van der Waals surface area contributed by atoms with Crippen LogP contribution in [0.4, 0.5) is 5.69 Å². The molecule has 0 radical (unpaired) electrons. The van der Waals surface area contributed by atoms with Crippen LogP contribution in [0.15, 0.2) is 18.3 Å². The predicted molar refractivity (Wildman–Crippen MR) is 67.6 cm³/mol. The number of likely N-dealkylation sites (tertiary alicyclic amines) is 1. The predicted octanol–water partition coefficient (Wildman–Crippen LogP) is 2.07. The molecule has 1 aliphatic rings. The summed E-state index contributed by atoms with van der Waals surface area (Å²) in [6.45, 7) is 1.70. The largest absolute Gasteiger partial charge is 0.397 e. The molecule has 1 saturated heterocycles. The Morgan fingerprint density at radius 1 is 1.12 bits per heavy atom. The number of anilines is 1. The van der Waals surface area contributed by atoms with Gasteiger partial charge >= 0.3 is 0 Å². The van der Waals surface area contributed by atoms with Crippen LogP contribution in [0.3, 0.4) is 0 Å². The van der Waals surface area contributed by atoms with E-state index < -0.39 is 0 Å². The van der Waals surface area contributed by atoms with Crippen LogP contribution in [0, 0.1) is 0 Å². The van der Waals surface area contributed by atoms with Gasteiger partial charge in [0.2, 0.25) is 0 Å². The number of rotatable bonds is 1. The molecule has 4 heteroatoms. The van der Waals surface area contributed by atoms with E-state index in [0.717, 1.165) is 25.9 Å². The number of nitrogen functional groups attached to an aromatic ring is 1. The summed E-state index contributed by atoms with van der Waals surface area (Å²) in [5, 5.41) is 0. The van der Waals surface area contributed by atoms with Gasteiger partial charge in [-0.05, 0) is 25.0 Å². The van der Waals surface area contributed by atoms with Crippen LogP contribution < -0.4 is 5.73 Å². The standard InChI is InChI=1S/C13H19N3O/c14-11-6-7-12(15-10-11)13(17)16-8-4-2-1-3-5-9-16/h6-7,10H,1-5,8-9,14H2. The van der Waals surface area contributed by atoms with Crippen molar-refractivity contribution >= 4 is 11.6 Å². The first-order valence-corrected chi connectivity index (χ1v) is 6.28. The fourth-order valence-electron chi connectivity index (χ4n) is 2.14. The number of aromatic nitrogens is 1. The monoisotopic (exact) mass is 233 g/mol. The van der Waals surface area contributed by atoms with Gasteiger partial charge in [0.25, 0.3) is 5.91 Å². The van der Waals surface area contributed by atoms with Gasteiger partial charge in [-0.3, -0.25) is 4.79 Å². The van der Waals surface area contributed by atoms with Crippen LogP contribution in [-0.2, 0) is 0 Å². The molecule has 2 heterocycles. The van der Waals surface area contributed by atoms with Gasteiger partial charge in [-0.1, -0.05) is 19.3 Å². The second kappa shape index (κ2) is 5.66. The number of hydrogen-bond donors (Lipinski definition) is 1. The van der Waals surface area contributed by atoms with Crippen molar-refractivity contribution in [3.63, 3.8) is 0 Å². The zero-order valence-corrected chi connectivity index (χ0v) is 10.1. The van der Waals surface area contributed by atoms with Gasteiger partial charge in [0.05, 0.1) is 11.9 Å². The third-order valence-electron chi connectivity index (χ3n) is 3.15.